The summed E-state index contributed by atoms with van der Waals surface area (Å²) in [6, 6.07) is 19.6. The van der Waals surface area contributed by atoms with Gasteiger partial charge in [-0.1, -0.05) is 42.6 Å². The molecule has 0 fully saturated rings. The molecule has 3 aromatic carbocycles. The van der Waals surface area contributed by atoms with Crippen molar-refractivity contribution in [2.75, 3.05) is 6.61 Å². The number of nitrogens with one attached hydrogen (secondary N) is 1. The Morgan fingerprint density at radius 3 is 2.34 bits per heavy atom. The summed E-state index contributed by atoms with van der Waals surface area (Å²) in [6.07, 6.45) is 3.71. The van der Waals surface area contributed by atoms with Gasteiger partial charge in [0, 0.05) is 21.2 Å². The molecule has 0 saturated carbocycles. The molecule has 3 rings (SSSR count). The van der Waals surface area contributed by atoms with E-state index in [1.165, 1.54) is 0 Å². The second-order valence-electron chi connectivity index (χ2n) is 7.02. The lowest BCUT2D eigenvalue weighted by Gasteiger charge is -2.08. The lowest BCUT2D eigenvalue weighted by atomic mass is 10.2. The zero-order valence-corrected chi connectivity index (χ0v) is 19.2. The molecule has 0 aliphatic heterocycles. The topological polar surface area (TPSA) is 59.9 Å². The van der Waals surface area contributed by atoms with Gasteiger partial charge in [-0.3, -0.25) is 4.79 Å². The monoisotopic (exact) mass is 470 g/mol. The molecule has 0 bridgehead atoms. The fourth-order valence-corrected chi connectivity index (χ4v) is 3.18. The van der Waals surface area contributed by atoms with Crippen LogP contribution >= 0.6 is 23.2 Å². The molecule has 1 amide bonds. The molecule has 0 saturated heterocycles. The average Bonchev–Trinajstić information content (AvgIpc) is 2.80. The largest absolute Gasteiger partial charge is 0.494 e. The number of halogens is 2. The normalized spacial score (nSPS) is 10.8. The first-order chi connectivity index (χ1) is 15.5. The summed E-state index contributed by atoms with van der Waals surface area (Å²) in [5, 5.41) is 5.14. The minimum absolute atomic E-state index is 0.300. The van der Waals surface area contributed by atoms with Crippen molar-refractivity contribution in [3.8, 4) is 11.5 Å². The summed E-state index contributed by atoms with van der Waals surface area (Å²) < 4.78 is 11.4. The zero-order valence-electron chi connectivity index (χ0n) is 17.7. The molecular weight excluding hydrogens is 447 g/mol. The number of rotatable bonds is 10. The van der Waals surface area contributed by atoms with Crippen LogP contribution in [0.25, 0.3) is 0 Å². The van der Waals surface area contributed by atoms with E-state index in [0.29, 0.717) is 34.6 Å². The Kier molecular flexibility index (Phi) is 8.96. The Labute approximate surface area is 198 Å². The molecule has 0 aliphatic carbocycles. The van der Waals surface area contributed by atoms with E-state index < -0.39 is 0 Å². The van der Waals surface area contributed by atoms with Gasteiger partial charge in [-0.15, -0.1) is 0 Å². The molecule has 0 heterocycles. The number of hydrazone groups is 1. The van der Waals surface area contributed by atoms with E-state index in [1.807, 2.05) is 30.3 Å². The fraction of sp³-hybridized carbons (Fsp3) is 0.200. The number of hydrogen-bond acceptors (Lipinski definition) is 4. The SMILES string of the molecule is CCCCOc1ccc(/C=N/NC(=O)c2ccc(OCc3ccc(Cl)cc3Cl)cc2)cc1. The Morgan fingerprint density at radius 2 is 1.66 bits per heavy atom. The highest BCUT2D eigenvalue weighted by atomic mass is 35.5. The van der Waals surface area contributed by atoms with Crippen molar-refractivity contribution in [3.05, 3.63) is 93.5 Å². The van der Waals surface area contributed by atoms with Crippen molar-refractivity contribution in [3.63, 3.8) is 0 Å². The summed E-state index contributed by atoms with van der Waals surface area (Å²) >= 11 is 12.1. The first-order valence-electron chi connectivity index (χ1n) is 10.3. The highest BCUT2D eigenvalue weighted by molar-refractivity contribution is 6.35. The third kappa shape index (κ3) is 7.29. The summed E-state index contributed by atoms with van der Waals surface area (Å²) in [6.45, 7) is 3.13. The van der Waals surface area contributed by atoms with Crippen molar-refractivity contribution in [2.45, 2.75) is 26.4 Å². The molecule has 5 nitrogen and oxygen atoms in total. The van der Waals surface area contributed by atoms with Crippen LogP contribution in [0.1, 0.15) is 41.3 Å². The lowest BCUT2D eigenvalue weighted by Crippen LogP contribution is -2.17. The number of carbonyl (C=O) groups is 1. The van der Waals surface area contributed by atoms with E-state index in [4.69, 9.17) is 32.7 Å². The fourth-order valence-electron chi connectivity index (χ4n) is 2.72. The number of unbranched alkanes of at least 4 members (excludes halogenated alkanes) is 1. The summed E-state index contributed by atoms with van der Waals surface area (Å²) in [5.41, 5.74) is 4.68. The molecule has 0 spiro atoms. The number of nitrogens with zero attached hydrogens (tertiary/aromatic N) is 1. The molecule has 0 aliphatic rings. The Morgan fingerprint density at radius 1 is 0.969 bits per heavy atom. The van der Waals surface area contributed by atoms with Crippen LogP contribution in [0.2, 0.25) is 10.0 Å². The molecule has 166 valence electrons. The first kappa shape index (κ1) is 23.6. The number of amides is 1. The maximum Gasteiger partial charge on any atom is 0.271 e. The van der Waals surface area contributed by atoms with Crippen LogP contribution in [0.5, 0.6) is 11.5 Å². The third-order valence-corrected chi connectivity index (χ3v) is 5.14. The highest BCUT2D eigenvalue weighted by Crippen LogP contribution is 2.23. The van der Waals surface area contributed by atoms with Crippen LogP contribution in [0, 0.1) is 0 Å². The van der Waals surface area contributed by atoms with E-state index in [1.54, 1.807) is 42.6 Å². The number of hydrogen-bond donors (Lipinski definition) is 1. The molecule has 32 heavy (non-hydrogen) atoms. The smallest absolute Gasteiger partial charge is 0.271 e. The van der Waals surface area contributed by atoms with Gasteiger partial charge in [-0.25, -0.2) is 5.43 Å². The number of benzene rings is 3. The quantitative estimate of drug-likeness (QED) is 0.208. The van der Waals surface area contributed by atoms with Gasteiger partial charge < -0.3 is 9.47 Å². The van der Waals surface area contributed by atoms with Crippen molar-refractivity contribution < 1.29 is 14.3 Å². The Hall–Kier alpha value is -3.02. The second-order valence-corrected chi connectivity index (χ2v) is 7.86. The van der Waals surface area contributed by atoms with E-state index in [-0.39, 0.29) is 5.91 Å². The van der Waals surface area contributed by atoms with Crippen LogP contribution < -0.4 is 14.9 Å². The predicted molar refractivity (Wildman–Crippen MR) is 129 cm³/mol. The van der Waals surface area contributed by atoms with Gasteiger partial charge in [0.25, 0.3) is 5.91 Å². The molecule has 3 aromatic rings. The maximum atomic E-state index is 12.3. The van der Waals surface area contributed by atoms with Crippen LogP contribution in [-0.4, -0.2) is 18.7 Å². The van der Waals surface area contributed by atoms with Crippen molar-refractivity contribution in [1.82, 2.24) is 5.43 Å². The van der Waals surface area contributed by atoms with E-state index in [0.717, 1.165) is 29.7 Å². The first-order valence-corrected chi connectivity index (χ1v) is 11.0. The summed E-state index contributed by atoms with van der Waals surface area (Å²) in [5.74, 6) is 1.13. The van der Waals surface area contributed by atoms with Crippen LogP contribution in [0.4, 0.5) is 0 Å². The minimum atomic E-state index is -0.312. The van der Waals surface area contributed by atoms with Gasteiger partial charge in [0.2, 0.25) is 0 Å². The third-order valence-electron chi connectivity index (χ3n) is 4.55. The zero-order chi connectivity index (χ0) is 22.8. The highest BCUT2D eigenvalue weighted by Gasteiger charge is 2.06. The molecular formula is C25H24Cl2N2O3. The molecule has 0 atom stereocenters. The van der Waals surface area contributed by atoms with Crippen LogP contribution in [0.15, 0.2) is 71.8 Å². The second kappa shape index (κ2) is 12.1. The average molecular weight is 471 g/mol. The Balaban J connectivity index is 1.48. The number of carbonyl (C=O) groups excluding carboxylic acids is 1. The molecule has 0 radical (unpaired) electrons. The van der Waals surface area contributed by atoms with E-state index in [2.05, 4.69) is 17.5 Å². The summed E-state index contributed by atoms with van der Waals surface area (Å²) in [7, 11) is 0. The van der Waals surface area contributed by atoms with Gasteiger partial charge >= 0.3 is 0 Å². The van der Waals surface area contributed by atoms with Crippen LogP contribution in [-0.2, 0) is 6.61 Å². The van der Waals surface area contributed by atoms with Crippen molar-refractivity contribution in [1.29, 1.82) is 0 Å². The van der Waals surface area contributed by atoms with Gasteiger partial charge in [-0.05, 0) is 72.6 Å². The molecule has 7 heteroatoms. The van der Waals surface area contributed by atoms with E-state index >= 15 is 0 Å². The lowest BCUT2D eigenvalue weighted by molar-refractivity contribution is 0.0955. The molecule has 0 unspecified atom stereocenters. The van der Waals surface area contributed by atoms with Gasteiger partial charge in [0.05, 0.1) is 12.8 Å². The predicted octanol–water partition coefficient (Wildman–Crippen LogP) is 6.52. The molecule has 1 N–H and O–H groups in total. The van der Waals surface area contributed by atoms with Gasteiger partial charge in [-0.2, -0.15) is 5.10 Å². The Bertz CT molecular complexity index is 1050. The standard InChI is InChI=1S/C25H24Cl2N2O3/c1-2-3-14-31-22-10-4-18(5-11-22)16-28-29-25(30)19-7-12-23(13-8-19)32-17-20-6-9-21(26)15-24(20)27/h4-13,15-16H,2-3,14,17H2,1H3,(H,29,30)/b28-16+. The van der Waals surface area contributed by atoms with E-state index in [9.17, 15) is 4.79 Å². The van der Waals surface area contributed by atoms with Crippen molar-refractivity contribution >= 4 is 35.3 Å². The molecule has 0 aromatic heterocycles. The number of ether oxygens (including phenoxy) is 2. The summed E-state index contributed by atoms with van der Waals surface area (Å²) in [4.78, 5) is 12.3. The van der Waals surface area contributed by atoms with Gasteiger partial charge in [0.15, 0.2) is 0 Å². The van der Waals surface area contributed by atoms with Crippen molar-refractivity contribution in [2.24, 2.45) is 5.10 Å². The maximum absolute atomic E-state index is 12.3. The van der Waals surface area contributed by atoms with Crippen LogP contribution in [0.3, 0.4) is 0 Å². The minimum Gasteiger partial charge on any atom is -0.494 e. The van der Waals surface area contributed by atoms with Gasteiger partial charge in [0.1, 0.15) is 18.1 Å².